The molecule has 20 heavy (non-hydrogen) atoms. The SMILES string of the molecule is Cc1nc([C@H](C)NC(=O)O)n(-c2cc(C#N)ncn2)n1. The monoisotopic (exact) mass is 273 g/mol. The van der Waals surface area contributed by atoms with E-state index in [4.69, 9.17) is 10.4 Å². The quantitative estimate of drug-likeness (QED) is 0.835. The van der Waals surface area contributed by atoms with Gasteiger partial charge in [-0.1, -0.05) is 0 Å². The van der Waals surface area contributed by atoms with Crippen molar-refractivity contribution in [3.63, 3.8) is 0 Å². The van der Waals surface area contributed by atoms with E-state index in [-0.39, 0.29) is 5.69 Å². The number of carbonyl (C=O) groups is 1. The molecule has 0 aliphatic carbocycles. The highest BCUT2D eigenvalue weighted by Crippen LogP contribution is 2.14. The Hall–Kier alpha value is -3.02. The van der Waals surface area contributed by atoms with Crippen LogP contribution in [0.1, 0.15) is 30.3 Å². The summed E-state index contributed by atoms with van der Waals surface area (Å²) in [4.78, 5) is 22.7. The molecule has 102 valence electrons. The summed E-state index contributed by atoms with van der Waals surface area (Å²) in [6.45, 7) is 3.32. The molecule has 2 rings (SSSR count). The first kappa shape index (κ1) is 13.4. The third-order valence-electron chi connectivity index (χ3n) is 2.45. The minimum absolute atomic E-state index is 0.188. The maximum Gasteiger partial charge on any atom is 0.405 e. The summed E-state index contributed by atoms with van der Waals surface area (Å²) in [7, 11) is 0. The van der Waals surface area contributed by atoms with Crippen molar-refractivity contribution in [1.82, 2.24) is 30.0 Å². The minimum atomic E-state index is -1.16. The van der Waals surface area contributed by atoms with Crippen molar-refractivity contribution in [3.05, 3.63) is 29.7 Å². The maximum absolute atomic E-state index is 10.7. The van der Waals surface area contributed by atoms with Crippen molar-refractivity contribution >= 4 is 6.09 Å². The predicted octanol–water partition coefficient (Wildman–Crippen LogP) is 0.566. The van der Waals surface area contributed by atoms with Crippen LogP contribution >= 0.6 is 0 Å². The van der Waals surface area contributed by atoms with Gasteiger partial charge in [-0.2, -0.15) is 9.94 Å². The van der Waals surface area contributed by atoms with Crippen LogP contribution in [-0.2, 0) is 0 Å². The fraction of sp³-hybridized carbons (Fsp3) is 0.273. The predicted molar refractivity (Wildman–Crippen MR) is 66.0 cm³/mol. The zero-order valence-electron chi connectivity index (χ0n) is 10.8. The fourth-order valence-corrected chi connectivity index (χ4v) is 1.65. The van der Waals surface area contributed by atoms with E-state index in [0.29, 0.717) is 17.5 Å². The lowest BCUT2D eigenvalue weighted by atomic mass is 10.3. The number of aromatic nitrogens is 5. The van der Waals surface area contributed by atoms with E-state index < -0.39 is 12.1 Å². The molecule has 0 saturated heterocycles. The molecule has 0 aliphatic heterocycles. The van der Waals surface area contributed by atoms with Gasteiger partial charge in [-0.3, -0.25) is 0 Å². The van der Waals surface area contributed by atoms with Gasteiger partial charge in [0.2, 0.25) is 0 Å². The molecular weight excluding hydrogens is 262 g/mol. The van der Waals surface area contributed by atoms with Crippen LogP contribution in [0.15, 0.2) is 12.4 Å². The Bertz CT molecular complexity index is 688. The van der Waals surface area contributed by atoms with Gasteiger partial charge in [0.05, 0.1) is 6.04 Å². The normalized spacial score (nSPS) is 11.7. The Kier molecular flexibility index (Phi) is 3.56. The van der Waals surface area contributed by atoms with Crippen molar-refractivity contribution in [2.75, 3.05) is 0 Å². The van der Waals surface area contributed by atoms with Gasteiger partial charge >= 0.3 is 6.09 Å². The molecule has 1 atom stereocenters. The number of rotatable bonds is 3. The van der Waals surface area contributed by atoms with Crippen LogP contribution in [-0.4, -0.2) is 35.9 Å². The highest BCUT2D eigenvalue weighted by atomic mass is 16.4. The highest BCUT2D eigenvalue weighted by molar-refractivity contribution is 5.64. The third kappa shape index (κ3) is 2.69. The average molecular weight is 273 g/mol. The van der Waals surface area contributed by atoms with E-state index in [1.54, 1.807) is 13.8 Å². The number of amides is 1. The topological polar surface area (TPSA) is 130 Å². The molecule has 0 bridgehead atoms. The minimum Gasteiger partial charge on any atom is -0.465 e. The lowest BCUT2D eigenvalue weighted by molar-refractivity contribution is 0.190. The van der Waals surface area contributed by atoms with Crippen LogP contribution in [0.2, 0.25) is 0 Å². The van der Waals surface area contributed by atoms with Gasteiger partial charge in [0, 0.05) is 6.07 Å². The molecule has 9 nitrogen and oxygen atoms in total. The second kappa shape index (κ2) is 5.31. The number of nitrogens with one attached hydrogen (secondary N) is 1. The molecule has 0 aromatic carbocycles. The summed E-state index contributed by atoms with van der Waals surface area (Å²) >= 11 is 0. The van der Waals surface area contributed by atoms with E-state index in [1.165, 1.54) is 17.1 Å². The molecule has 2 N–H and O–H groups in total. The van der Waals surface area contributed by atoms with E-state index in [0.717, 1.165) is 0 Å². The Balaban J connectivity index is 2.46. The molecule has 0 unspecified atom stereocenters. The Morgan fingerprint density at radius 1 is 1.55 bits per heavy atom. The van der Waals surface area contributed by atoms with E-state index in [1.807, 2.05) is 6.07 Å². The number of nitrogens with zero attached hydrogens (tertiary/aromatic N) is 6. The van der Waals surface area contributed by atoms with E-state index >= 15 is 0 Å². The smallest absolute Gasteiger partial charge is 0.405 e. The summed E-state index contributed by atoms with van der Waals surface area (Å²) in [5.74, 6) is 1.20. The molecule has 0 spiro atoms. The number of hydrogen-bond donors (Lipinski definition) is 2. The van der Waals surface area contributed by atoms with Gasteiger partial charge in [-0.25, -0.2) is 19.7 Å². The zero-order chi connectivity index (χ0) is 14.7. The van der Waals surface area contributed by atoms with Gasteiger partial charge < -0.3 is 10.4 Å². The first-order chi connectivity index (χ1) is 9.51. The number of aryl methyl sites for hydroxylation is 1. The largest absolute Gasteiger partial charge is 0.465 e. The summed E-state index contributed by atoms with van der Waals surface area (Å²) < 4.78 is 1.39. The van der Waals surface area contributed by atoms with Crippen LogP contribution in [0.25, 0.3) is 5.82 Å². The standard InChI is InChI=1S/C11H11N7O2/c1-6(15-11(19)20)10-16-7(2)17-18(10)9-3-8(4-12)13-5-14-9/h3,5-6,15H,1-2H3,(H,19,20)/t6-/m0/s1. The summed E-state index contributed by atoms with van der Waals surface area (Å²) in [6, 6.07) is 2.78. The zero-order valence-corrected chi connectivity index (χ0v) is 10.8. The molecule has 0 radical (unpaired) electrons. The summed E-state index contributed by atoms with van der Waals surface area (Å²) in [5.41, 5.74) is 0.188. The van der Waals surface area contributed by atoms with E-state index in [9.17, 15) is 4.79 Å². The van der Waals surface area contributed by atoms with Gasteiger partial charge in [0.15, 0.2) is 11.6 Å². The third-order valence-corrected chi connectivity index (χ3v) is 2.45. The Morgan fingerprint density at radius 2 is 2.30 bits per heavy atom. The van der Waals surface area contributed by atoms with Gasteiger partial charge in [-0.15, -0.1) is 5.10 Å². The molecule has 2 heterocycles. The van der Waals surface area contributed by atoms with Crippen LogP contribution < -0.4 is 5.32 Å². The van der Waals surface area contributed by atoms with Crippen LogP contribution in [0.4, 0.5) is 4.79 Å². The highest BCUT2D eigenvalue weighted by Gasteiger charge is 2.18. The molecular formula is C11H11N7O2. The summed E-state index contributed by atoms with van der Waals surface area (Å²) in [5, 5.41) is 24.0. The molecule has 0 saturated carbocycles. The first-order valence-electron chi connectivity index (χ1n) is 5.67. The molecule has 9 heteroatoms. The number of nitriles is 1. The summed E-state index contributed by atoms with van der Waals surface area (Å²) in [6.07, 6.45) is 0.0781. The fourth-order valence-electron chi connectivity index (χ4n) is 1.65. The number of carboxylic acid groups (broad SMARTS) is 1. The van der Waals surface area contributed by atoms with Crippen molar-refractivity contribution in [2.45, 2.75) is 19.9 Å². The van der Waals surface area contributed by atoms with E-state index in [2.05, 4.69) is 25.4 Å². The van der Waals surface area contributed by atoms with Crippen molar-refractivity contribution < 1.29 is 9.90 Å². The van der Waals surface area contributed by atoms with Gasteiger partial charge in [-0.05, 0) is 13.8 Å². The average Bonchev–Trinajstić information content (AvgIpc) is 2.80. The van der Waals surface area contributed by atoms with Crippen molar-refractivity contribution in [1.29, 1.82) is 5.26 Å². The lowest BCUT2D eigenvalue weighted by Gasteiger charge is -2.11. The second-order valence-corrected chi connectivity index (χ2v) is 3.97. The molecule has 1 amide bonds. The number of hydrogen-bond acceptors (Lipinski definition) is 6. The Morgan fingerprint density at radius 3 is 2.95 bits per heavy atom. The Labute approximate surface area is 113 Å². The molecule has 0 fully saturated rings. The van der Waals surface area contributed by atoms with Crippen LogP contribution in [0.5, 0.6) is 0 Å². The molecule has 2 aromatic rings. The van der Waals surface area contributed by atoms with Crippen LogP contribution in [0.3, 0.4) is 0 Å². The maximum atomic E-state index is 10.7. The van der Waals surface area contributed by atoms with Gasteiger partial charge in [0.1, 0.15) is 23.9 Å². The van der Waals surface area contributed by atoms with Crippen LogP contribution in [0, 0.1) is 18.3 Å². The molecule has 2 aromatic heterocycles. The van der Waals surface area contributed by atoms with Crippen molar-refractivity contribution in [2.24, 2.45) is 0 Å². The molecule has 0 aliphatic rings. The first-order valence-corrected chi connectivity index (χ1v) is 5.67. The second-order valence-electron chi connectivity index (χ2n) is 3.97. The van der Waals surface area contributed by atoms with Crippen molar-refractivity contribution in [3.8, 4) is 11.9 Å². The lowest BCUT2D eigenvalue weighted by Crippen LogP contribution is -2.27. The van der Waals surface area contributed by atoms with Gasteiger partial charge in [0.25, 0.3) is 0 Å².